The summed E-state index contributed by atoms with van der Waals surface area (Å²) >= 11 is 0. The monoisotopic (exact) mass is 264 g/mol. The minimum absolute atomic E-state index is 0.154. The fourth-order valence-electron chi connectivity index (χ4n) is 1.90. The first-order chi connectivity index (χ1) is 9.13. The van der Waals surface area contributed by atoms with Gasteiger partial charge in [0.2, 0.25) is 0 Å². The standard InChI is InChI=1S/C16H24O3/c1-3-4-5-6-7-13(2)12-19-16(18)14-8-10-15(17)11-9-14/h8-11,13,17H,3-7,12H2,1-2H3. The fourth-order valence-corrected chi connectivity index (χ4v) is 1.90. The average molecular weight is 264 g/mol. The van der Waals surface area contributed by atoms with Crippen molar-refractivity contribution >= 4 is 5.97 Å². The van der Waals surface area contributed by atoms with E-state index in [1.54, 1.807) is 12.1 Å². The Morgan fingerprint density at radius 2 is 1.89 bits per heavy atom. The van der Waals surface area contributed by atoms with Crippen molar-refractivity contribution in [1.82, 2.24) is 0 Å². The van der Waals surface area contributed by atoms with Gasteiger partial charge in [0.15, 0.2) is 0 Å². The van der Waals surface area contributed by atoms with Crippen LogP contribution in [0.15, 0.2) is 24.3 Å². The first-order valence-electron chi connectivity index (χ1n) is 7.09. The number of rotatable bonds is 8. The molecular formula is C16H24O3. The van der Waals surface area contributed by atoms with Gasteiger partial charge in [-0.3, -0.25) is 0 Å². The van der Waals surface area contributed by atoms with Gasteiger partial charge in [-0.2, -0.15) is 0 Å². The number of aromatic hydroxyl groups is 1. The van der Waals surface area contributed by atoms with Crippen molar-refractivity contribution in [1.29, 1.82) is 0 Å². The largest absolute Gasteiger partial charge is 0.508 e. The molecule has 0 amide bonds. The van der Waals surface area contributed by atoms with Crippen molar-refractivity contribution in [3.05, 3.63) is 29.8 Å². The number of benzene rings is 1. The van der Waals surface area contributed by atoms with Gasteiger partial charge in [0.25, 0.3) is 0 Å². The van der Waals surface area contributed by atoms with Crippen LogP contribution in [0.4, 0.5) is 0 Å². The van der Waals surface area contributed by atoms with Crippen LogP contribution >= 0.6 is 0 Å². The molecule has 106 valence electrons. The predicted octanol–water partition coefficient (Wildman–Crippen LogP) is 4.16. The van der Waals surface area contributed by atoms with Gasteiger partial charge < -0.3 is 9.84 Å². The van der Waals surface area contributed by atoms with Crippen LogP contribution in [-0.4, -0.2) is 17.7 Å². The van der Waals surface area contributed by atoms with Crippen molar-refractivity contribution in [3.63, 3.8) is 0 Å². The van der Waals surface area contributed by atoms with E-state index >= 15 is 0 Å². The maximum absolute atomic E-state index is 11.7. The van der Waals surface area contributed by atoms with Crippen LogP contribution in [0.25, 0.3) is 0 Å². The third kappa shape index (κ3) is 6.27. The van der Waals surface area contributed by atoms with Gasteiger partial charge >= 0.3 is 5.97 Å². The Morgan fingerprint density at radius 3 is 2.53 bits per heavy atom. The van der Waals surface area contributed by atoms with E-state index in [2.05, 4.69) is 13.8 Å². The lowest BCUT2D eigenvalue weighted by Crippen LogP contribution is -2.12. The molecule has 0 heterocycles. The van der Waals surface area contributed by atoms with E-state index in [1.165, 1.54) is 37.8 Å². The van der Waals surface area contributed by atoms with Gasteiger partial charge in [-0.25, -0.2) is 4.79 Å². The summed E-state index contributed by atoms with van der Waals surface area (Å²) in [6, 6.07) is 6.13. The molecule has 1 rings (SSSR count). The number of ether oxygens (including phenoxy) is 1. The van der Waals surface area contributed by atoms with Crippen LogP contribution in [0.1, 0.15) is 56.3 Å². The zero-order valence-corrected chi connectivity index (χ0v) is 11.9. The molecule has 3 nitrogen and oxygen atoms in total. The zero-order valence-electron chi connectivity index (χ0n) is 11.9. The highest BCUT2D eigenvalue weighted by Gasteiger charge is 2.09. The number of carbonyl (C=O) groups excluding carboxylic acids is 1. The molecule has 3 heteroatoms. The molecule has 0 aliphatic carbocycles. The van der Waals surface area contributed by atoms with Crippen molar-refractivity contribution in [2.45, 2.75) is 46.0 Å². The molecule has 0 aliphatic rings. The van der Waals surface area contributed by atoms with E-state index in [-0.39, 0.29) is 11.7 Å². The summed E-state index contributed by atoms with van der Waals surface area (Å²) in [5.74, 6) is 0.235. The second kappa shape index (κ2) is 8.57. The van der Waals surface area contributed by atoms with Crippen LogP contribution in [0.5, 0.6) is 5.75 Å². The quantitative estimate of drug-likeness (QED) is 0.566. The summed E-state index contributed by atoms with van der Waals surface area (Å²) in [6.45, 7) is 4.77. The van der Waals surface area contributed by atoms with E-state index < -0.39 is 0 Å². The van der Waals surface area contributed by atoms with Gasteiger partial charge in [0, 0.05) is 0 Å². The van der Waals surface area contributed by atoms with Gasteiger partial charge in [0.1, 0.15) is 5.75 Å². The summed E-state index contributed by atoms with van der Waals surface area (Å²) in [5, 5.41) is 9.15. The minimum Gasteiger partial charge on any atom is -0.508 e. The number of phenols is 1. The summed E-state index contributed by atoms with van der Waals surface area (Å²) < 4.78 is 5.27. The summed E-state index contributed by atoms with van der Waals surface area (Å²) in [5.41, 5.74) is 0.482. The van der Waals surface area contributed by atoms with Gasteiger partial charge in [-0.05, 0) is 36.6 Å². The normalized spacial score (nSPS) is 12.1. The highest BCUT2D eigenvalue weighted by Crippen LogP contribution is 2.13. The molecule has 1 aromatic rings. The van der Waals surface area contributed by atoms with E-state index in [0.717, 1.165) is 6.42 Å². The predicted molar refractivity (Wildman–Crippen MR) is 76.3 cm³/mol. The molecular weight excluding hydrogens is 240 g/mol. The Bertz CT molecular complexity index is 370. The molecule has 0 radical (unpaired) electrons. The number of hydrogen-bond acceptors (Lipinski definition) is 3. The lowest BCUT2D eigenvalue weighted by atomic mass is 10.0. The molecule has 0 fully saturated rings. The molecule has 19 heavy (non-hydrogen) atoms. The first kappa shape index (κ1) is 15.5. The van der Waals surface area contributed by atoms with E-state index in [0.29, 0.717) is 18.1 Å². The van der Waals surface area contributed by atoms with E-state index in [4.69, 9.17) is 9.84 Å². The molecule has 1 N–H and O–H groups in total. The van der Waals surface area contributed by atoms with Crippen molar-refractivity contribution in [2.75, 3.05) is 6.61 Å². The number of hydrogen-bond donors (Lipinski definition) is 1. The Morgan fingerprint density at radius 1 is 1.21 bits per heavy atom. The molecule has 0 aliphatic heterocycles. The SMILES string of the molecule is CCCCCCC(C)COC(=O)c1ccc(O)cc1. The maximum Gasteiger partial charge on any atom is 0.338 e. The highest BCUT2D eigenvalue weighted by molar-refractivity contribution is 5.89. The van der Waals surface area contributed by atoms with Crippen LogP contribution in [0, 0.1) is 5.92 Å². The van der Waals surface area contributed by atoms with Crippen LogP contribution in [0.3, 0.4) is 0 Å². The van der Waals surface area contributed by atoms with Crippen molar-refractivity contribution in [3.8, 4) is 5.75 Å². The topological polar surface area (TPSA) is 46.5 Å². The lowest BCUT2D eigenvalue weighted by Gasteiger charge is -2.12. The van der Waals surface area contributed by atoms with E-state index in [9.17, 15) is 4.79 Å². The molecule has 0 spiro atoms. The van der Waals surface area contributed by atoms with Gasteiger partial charge in [-0.15, -0.1) is 0 Å². The zero-order chi connectivity index (χ0) is 14.1. The number of carbonyl (C=O) groups is 1. The first-order valence-corrected chi connectivity index (χ1v) is 7.09. The summed E-state index contributed by atoms with van der Waals surface area (Å²) in [6.07, 6.45) is 6.08. The number of phenolic OH excluding ortho intramolecular Hbond substituents is 1. The smallest absolute Gasteiger partial charge is 0.338 e. The number of esters is 1. The molecule has 0 saturated heterocycles. The Kier molecular flexibility index (Phi) is 7.01. The Hall–Kier alpha value is -1.51. The lowest BCUT2D eigenvalue weighted by molar-refractivity contribution is 0.0442. The average Bonchev–Trinajstić information content (AvgIpc) is 2.42. The third-order valence-electron chi connectivity index (χ3n) is 3.15. The van der Waals surface area contributed by atoms with Crippen molar-refractivity contribution < 1.29 is 14.6 Å². The Balaban J connectivity index is 2.24. The molecule has 1 aromatic carbocycles. The second-order valence-corrected chi connectivity index (χ2v) is 5.10. The van der Waals surface area contributed by atoms with Gasteiger partial charge in [0.05, 0.1) is 12.2 Å². The fraction of sp³-hybridized carbons (Fsp3) is 0.562. The van der Waals surface area contributed by atoms with E-state index in [1.807, 2.05) is 0 Å². The summed E-state index contributed by atoms with van der Waals surface area (Å²) in [7, 11) is 0. The second-order valence-electron chi connectivity index (χ2n) is 5.10. The van der Waals surface area contributed by atoms with Gasteiger partial charge in [-0.1, -0.05) is 39.5 Å². The van der Waals surface area contributed by atoms with Crippen LogP contribution < -0.4 is 0 Å². The maximum atomic E-state index is 11.7. The van der Waals surface area contributed by atoms with Crippen molar-refractivity contribution in [2.24, 2.45) is 5.92 Å². The highest BCUT2D eigenvalue weighted by atomic mass is 16.5. The molecule has 1 unspecified atom stereocenters. The molecule has 0 saturated carbocycles. The molecule has 1 atom stereocenters. The molecule has 0 aromatic heterocycles. The van der Waals surface area contributed by atoms with Crippen LogP contribution in [-0.2, 0) is 4.74 Å². The minimum atomic E-state index is -0.319. The molecule has 0 bridgehead atoms. The third-order valence-corrected chi connectivity index (χ3v) is 3.15. The summed E-state index contributed by atoms with van der Waals surface area (Å²) in [4.78, 5) is 11.7. The van der Waals surface area contributed by atoms with Crippen LogP contribution in [0.2, 0.25) is 0 Å². The number of unbranched alkanes of at least 4 members (excludes halogenated alkanes) is 3. The Labute approximate surface area is 115 Å².